The molecule has 0 saturated carbocycles. The molecule has 0 aromatic rings. The molecule has 0 aliphatic carbocycles. The van der Waals surface area contributed by atoms with E-state index < -0.39 is 0 Å². The Bertz CT molecular complexity index is 344. The van der Waals surface area contributed by atoms with Crippen LogP contribution < -0.4 is 0 Å². The van der Waals surface area contributed by atoms with Crippen LogP contribution in [0.25, 0.3) is 0 Å². The number of hydrogen-bond donors (Lipinski definition) is 0. The molecule has 1 rings (SSSR count). The van der Waals surface area contributed by atoms with Gasteiger partial charge in [0.05, 0.1) is 6.54 Å². The van der Waals surface area contributed by atoms with Gasteiger partial charge in [0.15, 0.2) is 0 Å². The molecule has 0 bridgehead atoms. The first kappa shape index (κ1) is 18.1. The molecule has 1 aliphatic rings. The predicted octanol–water partition coefficient (Wildman–Crippen LogP) is 4.61. The topological polar surface area (TPSA) is 29.5 Å². The van der Waals surface area contributed by atoms with Gasteiger partial charge in [0.1, 0.15) is 6.10 Å². The van der Waals surface area contributed by atoms with E-state index in [0.29, 0.717) is 18.1 Å². The van der Waals surface area contributed by atoms with Crippen LogP contribution in [-0.4, -0.2) is 28.6 Å². The third-order valence-electron chi connectivity index (χ3n) is 3.89. The zero-order valence-electron chi connectivity index (χ0n) is 13.3. The van der Waals surface area contributed by atoms with Crippen LogP contribution >= 0.6 is 12.2 Å². The second kappa shape index (κ2) is 10.8. The summed E-state index contributed by atoms with van der Waals surface area (Å²) in [5.74, 6) is 0.0901. The van der Waals surface area contributed by atoms with Crippen molar-refractivity contribution in [3.8, 4) is 0 Å². The zero-order chi connectivity index (χ0) is 15.5. The number of carbonyl (C=O) groups excluding carboxylic acids is 1. The molecule has 120 valence electrons. The monoisotopic (exact) mass is 311 g/mol. The average molecular weight is 311 g/mol. The molecule has 4 heteroatoms. The average Bonchev–Trinajstić information content (AvgIpc) is 2.86. The van der Waals surface area contributed by atoms with Crippen LogP contribution in [-0.2, 0) is 9.53 Å². The van der Waals surface area contributed by atoms with Gasteiger partial charge in [0, 0.05) is 6.42 Å². The van der Waals surface area contributed by atoms with Crippen LogP contribution in [0.15, 0.2) is 12.7 Å². The summed E-state index contributed by atoms with van der Waals surface area (Å²) in [5.41, 5.74) is 0. The molecular weight excluding hydrogens is 282 g/mol. The summed E-state index contributed by atoms with van der Waals surface area (Å²) in [7, 11) is 0. The first-order chi connectivity index (χ1) is 10.2. The Morgan fingerprint density at radius 3 is 2.33 bits per heavy atom. The van der Waals surface area contributed by atoms with Crippen LogP contribution in [0.5, 0.6) is 0 Å². The van der Waals surface area contributed by atoms with Gasteiger partial charge in [-0.1, -0.05) is 64.9 Å². The summed E-state index contributed by atoms with van der Waals surface area (Å²) >= 11 is 5.07. The third kappa shape index (κ3) is 7.07. The van der Waals surface area contributed by atoms with Gasteiger partial charge in [-0.05, 0) is 24.7 Å². The summed E-state index contributed by atoms with van der Waals surface area (Å²) in [5, 5.41) is 0.306. The third-order valence-corrected chi connectivity index (χ3v) is 4.21. The molecule has 0 aromatic carbocycles. The standard InChI is InChI=1S/C17H29NO2S/c1-3-5-6-7-8-9-10-11-12-13-16(19)18-14-15(4-2)20-17(18)21/h4,15H,2-3,5-14H2,1H3. The summed E-state index contributed by atoms with van der Waals surface area (Å²) in [4.78, 5) is 13.6. The van der Waals surface area contributed by atoms with E-state index in [1.54, 1.807) is 11.0 Å². The van der Waals surface area contributed by atoms with E-state index in [2.05, 4.69) is 13.5 Å². The molecule has 1 unspecified atom stereocenters. The summed E-state index contributed by atoms with van der Waals surface area (Å²) in [6.45, 7) is 6.44. The van der Waals surface area contributed by atoms with Gasteiger partial charge >= 0.3 is 0 Å². The van der Waals surface area contributed by atoms with E-state index in [9.17, 15) is 4.79 Å². The van der Waals surface area contributed by atoms with Gasteiger partial charge in [-0.2, -0.15) is 0 Å². The Morgan fingerprint density at radius 2 is 1.81 bits per heavy atom. The molecule has 0 aromatic heterocycles. The molecular formula is C17H29NO2S. The second-order valence-corrected chi connectivity index (χ2v) is 6.09. The van der Waals surface area contributed by atoms with Crippen molar-refractivity contribution in [1.82, 2.24) is 4.90 Å². The minimum Gasteiger partial charge on any atom is -0.461 e. The fourth-order valence-electron chi connectivity index (χ4n) is 2.53. The van der Waals surface area contributed by atoms with E-state index in [-0.39, 0.29) is 12.0 Å². The minimum atomic E-state index is -0.135. The lowest BCUT2D eigenvalue weighted by Gasteiger charge is -2.12. The Morgan fingerprint density at radius 1 is 1.24 bits per heavy atom. The fourth-order valence-corrected chi connectivity index (χ4v) is 2.83. The highest BCUT2D eigenvalue weighted by Crippen LogP contribution is 2.16. The molecule has 3 nitrogen and oxygen atoms in total. The molecule has 1 atom stereocenters. The maximum absolute atomic E-state index is 12.0. The number of nitrogens with zero attached hydrogens (tertiary/aromatic N) is 1. The molecule has 1 amide bonds. The lowest BCUT2D eigenvalue weighted by Crippen LogP contribution is -2.31. The first-order valence-corrected chi connectivity index (χ1v) is 8.73. The Labute approximate surface area is 134 Å². The van der Waals surface area contributed by atoms with Gasteiger partial charge in [-0.25, -0.2) is 0 Å². The smallest absolute Gasteiger partial charge is 0.266 e. The van der Waals surface area contributed by atoms with Crippen molar-refractivity contribution in [1.29, 1.82) is 0 Å². The maximum Gasteiger partial charge on any atom is 0.266 e. The van der Waals surface area contributed by atoms with Crippen molar-refractivity contribution in [3.63, 3.8) is 0 Å². The van der Waals surface area contributed by atoms with Gasteiger partial charge in [-0.15, -0.1) is 0 Å². The van der Waals surface area contributed by atoms with Crippen molar-refractivity contribution in [2.24, 2.45) is 0 Å². The highest BCUT2D eigenvalue weighted by molar-refractivity contribution is 7.80. The predicted molar refractivity (Wildman–Crippen MR) is 91.2 cm³/mol. The quantitative estimate of drug-likeness (QED) is 0.317. The number of unbranched alkanes of at least 4 members (excludes halogenated alkanes) is 8. The highest BCUT2D eigenvalue weighted by Gasteiger charge is 2.30. The number of hydrogen-bond acceptors (Lipinski definition) is 3. The molecule has 1 saturated heterocycles. The molecule has 0 spiro atoms. The fraction of sp³-hybridized carbons (Fsp3) is 0.765. The summed E-state index contributed by atoms with van der Waals surface area (Å²) < 4.78 is 5.35. The van der Waals surface area contributed by atoms with Gasteiger partial charge in [-0.3, -0.25) is 9.69 Å². The van der Waals surface area contributed by atoms with Gasteiger partial charge < -0.3 is 4.74 Å². The lowest BCUT2D eigenvalue weighted by molar-refractivity contribution is -0.127. The normalized spacial score (nSPS) is 17.9. The zero-order valence-corrected chi connectivity index (χ0v) is 14.1. The summed E-state index contributed by atoms with van der Waals surface area (Å²) in [6.07, 6.45) is 13.5. The molecule has 21 heavy (non-hydrogen) atoms. The second-order valence-electron chi connectivity index (χ2n) is 5.74. The number of amides is 1. The number of thiocarbonyl (C=S) groups is 1. The van der Waals surface area contributed by atoms with E-state index >= 15 is 0 Å². The first-order valence-electron chi connectivity index (χ1n) is 8.32. The Kier molecular flexibility index (Phi) is 9.31. The van der Waals surface area contributed by atoms with Gasteiger partial charge in [0.25, 0.3) is 5.17 Å². The van der Waals surface area contributed by atoms with Crippen molar-refractivity contribution < 1.29 is 9.53 Å². The van der Waals surface area contributed by atoms with Crippen LogP contribution in [0.4, 0.5) is 0 Å². The number of rotatable bonds is 11. The van der Waals surface area contributed by atoms with E-state index in [0.717, 1.165) is 12.8 Å². The summed E-state index contributed by atoms with van der Waals surface area (Å²) in [6, 6.07) is 0. The number of carbonyl (C=O) groups is 1. The van der Waals surface area contributed by atoms with Gasteiger partial charge in [0.2, 0.25) is 5.91 Å². The highest BCUT2D eigenvalue weighted by atomic mass is 32.1. The molecule has 0 N–H and O–H groups in total. The van der Waals surface area contributed by atoms with Crippen LogP contribution in [0, 0.1) is 0 Å². The van der Waals surface area contributed by atoms with E-state index in [1.807, 2.05) is 0 Å². The van der Waals surface area contributed by atoms with E-state index in [1.165, 1.54) is 44.9 Å². The van der Waals surface area contributed by atoms with Crippen molar-refractivity contribution in [2.75, 3.05) is 6.54 Å². The minimum absolute atomic E-state index is 0.0901. The van der Waals surface area contributed by atoms with Crippen molar-refractivity contribution in [3.05, 3.63) is 12.7 Å². The molecule has 1 heterocycles. The van der Waals surface area contributed by atoms with Crippen molar-refractivity contribution >= 4 is 23.3 Å². The van der Waals surface area contributed by atoms with Crippen LogP contribution in [0.3, 0.4) is 0 Å². The van der Waals surface area contributed by atoms with Crippen LogP contribution in [0.2, 0.25) is 0 Å². The van der Waals surface area contributed by atoms with E-state index in [4.69, 9.17) is 17.0 Å². The maximum atomic E-state index is 12.0. The number of ether oxygens (including phenoxy) is 1. The lowest BCUT2D eigenvalue weighted by atomic mass is 10.1. The SMILES string of the molecule is C=CC1CN(C(=O)CCCCCCCCCCC)C(=S)O1. The van der Waals surface area contributed by atoms with Crippen molar-refractivity contribution in [2.45, 2.75) is 77.2 Å². The molecule has 0 radical (unpaired) electrons. The van der Waals surface area contributed by atoms with Crippen LogP contribution in [0.1, 0.15) is 71.1 Å². The largest absolute Gasteiger partial charge is 0.461 e. The Balaban J connectivity index is 2.01. The molecule has 1 fully saturated rings. The molecule has 1 aliphatic heterocycles. The Hall–Kier alpha value is -0.900.